The number of aliphatic carboxylic acids is 1. The second kappa shape index (κ2) is 6.93. The Kier molecular flexibility index (Phi) is 5.56. The molecule has 19 heavy (non-hydrogen) atoms. The van der Waals surface area contributed by atoms with Crippen LogP contribution in [-0.2, 0) is 14.3 Å². The van der Waals surface area contributed by atoms with Crippen molar-refractivity contribution < 1.29 is 24.2 Å². The summed E-state index contributed by atoms with van der Waals surface area (Å²) in [7, 11) is 0. The lowest BCUT2D eigenvalue weighted by Gasteiger charge is -2.28. The van der Waals surface area contributed by atoms with Crippen LogP contribution in [0.15, 0.2) is 0 Å². The second-order valence-corrected chi connectivity index (χ2v) is 4.34. The van der Waals surface area contributed by atoms with E-state index in [1.165, 1.54) is 13.8 Å². The van der Waals surface area contributed by atoms with Crippen LogP contribution < -0.4 is 10.6 Å². The third-order valence-corrected chi connectivity index (χ3v) is 2.76. The van der Waals surface area contributed by atoms with Crippen molar-refractivity contribution in [2.45, 2.75) is 25.9 Å². The Morgan fingerprint density at radius 3 is 2.21 bits per heavy atom. The molecule has 1 fully saturated rings. The highest BCUT2D eigenvalue weighted by Gasteiger charge is 2.23. The van der Waals surface area contributed by atoms with Crippen molar-refractivity contribution in [1.29, 1.82) is 0 Å². The molecule has 2 atom stereocenters. The lowest BCUT2D eigenvalue weighted by atomic mass is 10.2. The van der Waals surface area contributed by atoms with Crippen molar-refractivity contribution in [3.63, 3.8) is 0 Å². The number of nitrogens with one attached hydrogen (secondary N) is 2. The van der Waals surface area contributed by atoms with Crippen LogP contribution in [0, 0.1) is 0 Å². The summed E-state index contributed by atoms with van der Waals surface area (Å²) in [6, 6.07) is -2.14. The lowest BCUT2D eigenvalue weighted by molar-refractivity contribution is -0.141. The Hall–Kier alpha value is -1.83. The molecule has 0 unspecified atom stereocenters. The van der Waals surface area contributed by atoms with E-state index in [0.717, 1.165) is 0 Å². The summed E-state index contributed by atoms with van der Waals surface area (Å²) in [5.74, 6) is -1.66. The smallest absolute Gasteiger partial charge is 0.325 e. The monoisotopic (exact) mass is 273 g/mol. The largest absolute Gasteiger partial charge is 0.480 e. The Bertz CT molecular complexity index is 354. The van der Waals surface area contributed by atoms with Gasteiger partial charge in [-0.05, 0) is 13.8 Å². The van der Waals surface area contributed by atoms with Gasteiger partial charge >= 0.3 is 12.0 Å². The molecule has 3 N–H and O–H groups in total. The summed E-state index contributed by atoms with van der Waals surface area (Å²) in [5.41, 5.74) is 0. The van der Waals surface area contributed by atoms with Crippen LogP contribution in [0.1, 0.15) is 13.8 Å². The first kappa shape index (κ1) is 15.2. The van der Waals surface area contributed by atoms with Crippen molar-refractivity contribution >= 4 is 17.9 Å². The quantitative estimate of drug-likeness (QED) is 0.609. The van der Waals surface area contributed by atoms with Crippen LogP contribution in [-0.4, -0.2) is 66.3 Å². The predicted molar refractivity (Wildman–Crippen MR) is 65.6 cm³/mol. The minimum Gasteiger partial charge on any atom is -0.480 e. The fourth-order valence-electron chi connectivity index (χ4n) is 1.51. The zero-order valence-corrected chi connectivity index (χ0v) is 11.0. The number of carbonyl (C=O) groups excluding carboxylic acids is 2. The van der Waals surface area contributed by atoms with E-state index in [1.807, 2.05) is 0 Å². The Balaban J connectivity index is 2.40. The summed E-state index contributed by atoms with van der Waals surface area (Å²) in [4.78, 5) is 35.6. The maximum atomic E-state index is 11.8. The molecule has 0 aromatic heterocycles. The third kappa shape index (κ3) is 4.74. The SMILES string of the molecule is C[C@H](NC(=O)[C@H](C)NC(=O)N1CCOCC1)C(=O)O. The van der Waals surface area contributed by atoms with Crippen molar-refractivity contribution in [2.75, 3.05) is 26.3 Å². The van der Waals surface area contributed by atoms with E-state index in [-0.39, 0.29) is 6.03 Å². The van der Waals surface area contributed by atoms with E-state index < -0.39 is 24.0 Å². The average molecular weight is 273 g/mol. The average Bonchev–Trinajstić information content (AvgIpc) is 2.39. The molecule has 0 bridgehead atoms. The molecular weight excluding hydrogens is 254 g/mol. The highest BCUT2D eigenvalue weighted by Crippen LogP contribution is 1.98. The van der Waals surface area contributed by atoms with Gasteiger partial charge in [0, 0.05) is 13.1 Å². The van der Waals surface area contributed by atoms with Gasteiger partial charge in [-0.25, -0.2) is 4.79 Å². The van der Waals surface area contributed by atoms with Gasteiger partial charge in [0.2, 0.25) is 5.91 Å². The minimum absolute atomic E-state index is 0.353. The van der Waals surface area contributed by atoms with E-state index in [1.54, 1.807) is 4.90 Å². The summed E-state index contributed by atoms with van der Waals surface area (Å²) >= 11 is 0. The molecule has 3 amide bonds. The molecule has 0 aromatic carbocycles. The summed E-state index contributed by atoms with van der Waals surface area (Å²) in [6.45, 7) is 4.77. The second-order valence-electron chi connectivity index (χ2n) is 4.34. The van der Waals surface area contributed by atoms with Crippen LogP contribution >= 0.6 is 0 Å². The normalized spacial score (nSPS) is 18.3. The minimum atomic E-state index is -1.12. The van der Waals surface area contributed by atoms with Crippen molar-refractivity contribution in [1.82, 2.24) is 15.5 Å². The Labute approximate surface area is 111 Å². The summed E-state index contributed by atoms with van der Waals surface area (Å²) < 4.78 is 5.12. The number of carboxylic acids is 1. The summed E-state index contributed by atoms with van der Waals surface area (Å²) in [5, 5.41) is 13.5. The van der Waals surface area contributed by atoms with E-state index in [0.29, 0.717) is 26.3 Å². The third-order valence-electron chi connectivity index (χ3n) is 2.76. The van der Waals surface area contributed by atoms with Gasteiger partial charge in [-0.1, -0.05) is 0 Å². The molecule has 8 heteroatoms. The Morgan fingerprint density at radius 2 is 1.68 bits per heavy atom. The first-order valence-electron chi connectivity index (χ1n) is 6.08. The van der Waals surface area contributed by atoms with E-state index in [9.17, 15) is 14.4 Å². The van der Waals surface area contributed by atoms with Gasteiger partial charge in [0.25, 0.3) is 0 Å². The number of nitrogens with zero attached hydrogens (tertiary/aromatic N) is 1. The maximum absolute atomic E-state index is 11.8. The van der Waals surface area contributed by atoms with Crippen LogP contribution in [0.3, 0.4) is 0 Å². The molecule has 1 aliphatic rings. The number of carbonyl (C=O) groups is 3. The van der Waals surface area contributed by atoms with E-state index in [4.69, 9.17) is 9.84 Å². The number of carboxylic acid groups (broad SMARTS) is 1. The fraction of sp³-hybridized carbons (Fsp3) is 0.727. The maximum Gasteiger partial charge on any atom is 0.325 e. The molecule has 1 rings (SSSR count). The zero-order valence-electron chi connectivity index (χ0n) is 11.0. The van der Waals surface area contributed by atoms with Gasteiger partial charge in [0.05, 0.1) is 13.2 Å². The molecular formula is C11H19N3O5. The van der Waals surface area contributed by atoms with Crippen LogP contribution in [0.2, 0.25) is 0 Å². The molecule has 8 nitrogen and oxygen atoms in total. The first-order chi connectivity index (χ1) is 8.91. The fourth-order valence-corrected chi connectivity index (χ4v) is 1.51. The molecule has 108 valence electrons. The number of amides is 3. The highest BCUT2D eigenvalue weighted by molar-refractivity contribution is 5.89. The Morgan fingerprint density at radius 1 is 1.11 bits per heavy atom. The molecule has 1 aliphatic heterocycles. The predicted octanol–water partition coefficient (Wildman–Crippen LogP) is -0.994. The van der Waals surface area contributed by atoms with Crippen molar-refractivity contribution in [3.8, 4) is 0 Å². The standard InChI is InChI=1S/C11H19N3O5/c1-7(9(15)12-8(2)10(16)17)13-11(18)14-3-5-19-6-4-14/h7-8H,3-6H2,1-2H3,(H,12,15)(H,13,18)(H,16,17)/t7-,8-/m0/s1. The van der Waals surface area contributed by atoms with E-state index >= 15 is 0 Å². The number of hydrogen-bond acceptors (Lipinski definition) is 4. The molecule has 1 heterocycles. The highest BCUT2D eigenvalue weighted by atomic mass is 16.5. The number of morpholine rings is 1. The number of ether oxygens (including phenoxy) is 1. The zero-order chi connectivity index (χ0) is 14.4. The topological polar surface area (TPSA) is 108 Å². The van der Waals surface area contributed by atoms with E-state index in [2.05, 4.69) is 10.6 Å². The summed E-state index contributed by atoms with van der Waals surface area (Å²) in [6.07, 6.45) is 0. The lowest BCUT2D eigenvalue weighted by Crippen LogP contribution is -2.54. The molecule has 0 aromatic rings. The van der Waals surface area contributed by atoms with Gasteiger partial charge in [0.1, 0.15) is 12.1 Å². The molecule has 0 saturated carbocycles. The van der Waals surface area contributed by atoms with Crippen molar-refractivity contribution in [2.24, 2.45) is 0 Å². The van der Waals surface area contributed by atoms with Crippen LogP contribution in [0.5, 0.6) is 0 Å². The number of rotatable bonds is 4. The van der Waals surface area contributed by atoms with Gasteiger partial charge < -0.3 is 25.4 Å². The molecule has 0 spiro atoms. The number of urea groups is 1. The number of hydrogen-bond donors (Lipinski definition) is 3. The van der Waals surface area contributed by atoms with Crippen LogP contribution in [0.25, 0.3) is 0 Å². The van der Waals surface area contributed by atoms with Gasteiger partial charge in [-0.15, -0.1) is 0 Å². The van der Waals surface area contributed by atoms with Crippen LogP contribution in [0.4, 0.5) is 4.79 Å². The van der Waals surface area contributed by atoms with Crippen molar-refractivity contribution in [3.05, 3.63) is 0 Å². The van der Waals surface area contributed by atoms with Gasteiger partial charge in [0.15, 0.2) is 0 Å². The molecule has 1 saturated heterocycles. The molecule has 0 radical (unpaired) electrons. The first-order valence-corrected chi connectivity index (χ1v) is 6.08. The molecule has 0 aliphatic carbocycles. The van der Waals surface area contributed by atoms with Gasteiger partial charge in [-0.3, -0.25) is 9.59 Å². The van der Waals surface area contributed by atoms with Gasteiger partial charge in [-0.2, -0.15) is 0 Å².